The van der Waals surface area contributed by atoms with Crippen molar-refractivity contribution in [3.05, 3.63) is 66.7 Å². The number of rotatable bonds is 2. The number of nitrogens with zero attached hydrogens (tertiary/aromatic N) is 7. The summed E-state index contributed by atoms with van der Waals surface area (Å²) in [4.78, 5) is 7.63. The third-order valence-electron chi connectivity index (χ3n) is 3.70. The normalized spacial score (nSPS) is 11.3. The molecule has 0 N–H and O–H groups in total. The lowest BCUT2D eigenvalue weighted by atomic mass is 10.3. The van der Waals surface area contributed by atoms with Crippen LogP contribution in [0.2, 0.25) is 0 Å². The monoisotopic (exact) mass is 313 g/mol. The highest BCUT2D eigenvalue weighted by atomic mass is 15.5. The van der Waals surface area contributed by atoms with Crippen LogP contribution in [0.5, 0.6) is 0 Å². The Hall–Kier alpha value is -3.61. The van der Waals surface area contributed by atoms with E-state index in [0.29, 0.717) is 11.6 Å². The molecule has 114 valence electrons. The Morgan fingerprint density at radius 3 is 1.21 bits per heavy atom. The number of benzene rings is 2. The van der Waals surface area contributed by atoms with Gasteiger partial charge >= 0.3 is 0 Å². The molecule has 5 rings (SSSR count). The first-order valence-corrected chi connectivity index (χ1v) is 7.49. The average Bonchev–Trinajstić information content (AvgIpc) is 3.26. The zero-order valence-corrected chi connectivity index (χ0v) is 12.5. The minimum Gasteiger partial charge on any atom is -0.206 e. The Bertz CT molecular complexity index is 1020. The summed E-state index contributed by atoms with van der Waals surface area (Å²) in [7, 11) is 0. The minimum atomic E-state index is 0.616. The largest absolute Gasteiger partial charge is 0.206 e. The smallest absolute Gasteiger partial charge is 0.176 e. The maximum atomic E-state index is 4.58. The van der Waals surface area contributed by atoms with Gasteiger partial charge in [0, 0.05) is 0 Å². The van der Waals surface area contributed by atoms with Crippen LogP contribution >= 0.6 is 0 Å². The number of pyridine rings is 1. The highest BCUT2D eigenvalue weighted by Crippen LogP contribution is 2.13. The fourth-order valence-electron chi connectivity index (χ4n) is 2.56. The van der Waals surface area contributed by atoms with E-state index in [9.17, 15) is 0 Å². The lowest BCUT2D eigenvalue weighted by Gasteiger charge is -2.01. The van der Waals surface area contributed by atoms with Gasteiger partial charge in [-0.2, -0.15) is 0 Å². The van der Waals surface area contributed by atoms with Crippen LogP contribution in [0.1, 0.15) is 0 Å². The van der Waals surface area contributed by atoms with E-state index in [0.717, 1.165) is 22.1 Å². The van der Waals surface area contributed by atoms with Crippen molar-refractivity contribution in [3.8, 4) is 11.6 Å². The van der Waals surface area contributed by atoms with Gasteiger partial charge in [-0.1, -0.05) is 30.3 Å². The van der Waals surface area contributed by atoms with Crippen LogP contribution in [0, 0.1) is 0 Å². The van der Waals surface area contributed by atoms with E-state index in [1.165, 1.54) is 9.59 Å². The lowest BCUT2D eigenvalue weighted by molar-refractivity contribution is 0.706. The first kappa shape index (κ1) is 12.9. The second-order valence-corrected chi connectivity index (χ2v) is 5.31. The van der Waals surface area contributed by atoms with Crippen LogP contribution in [0.3, 0.4) is 0 Å². The van der Waals surface area contributed by atoms with Gasteiger partial charge in [0.05, 0.1) is 0 Å². The summed E-state index contributed by atoms with van der Waals surface area (Å²) in [6.45, 7) is 0. The summed E-state index contributed by atoms with van der Waals surface area (Å²) >= 11 is 0. The molecule has 2 aromatic carbocycles. The summed E-state index contributed by atoms with van der Waals surface area (Å²) in [6.07, 6.45) is 0. The molecule has 24 heavy (non-hydrogen) atoms. The van der Waals surface area contributed by atoms with Crippen LogP contribution in [0.4, 0.5) is 0 Å². The molecule has 0 amide bonds. The quantitative estimate of drug-likeness (QED) is 0.501. The lowest BCUT2D eigenvalue weighted by Crippen LogP contribution is -2.07. The molecule has 0 saturated heterocycles. The standard InChI is InChI=1S/C17H11N7/c1-2-7-13-12(6-1)19-23(20-13)16-10-5-11-17(18-16)24-21-14-8-3-4-9-15(14)22-24/h1-11H. The topological polar surface area (TPSA) is 74.3 Å². The molecule has 0 unspecified atom stereocenters. The minimum absolute atomic E-state index is 0.616. The molecule has 0 atom stereocenters. The van der Waals surface area contributed by atoms with Crippen LogP contribution in [-0.4, -0.2) is 35.0 Å². The zero-order chi connectivity index (χ0) is 15.9. The summed E-state index contributed by atoms with van der Waals surface area (Å²) in [5.74, 6) is 1.23. The third-order valence-corrected chi connectivity index (χ3v) is 3.70. The molecule has 7 heteroatoms. The Morgan fingerprint density at radius 1 is 0.458 bits per heavy atom. The molecule has 0 aliphatic heterocycles. The highest BCUT2D eigenvalue weighted by molar-refractivity contribution is 5.74. The van der Waals surface area contributed by atoms with Crippen molar-refractivity contribution in [3.63, 3.8) is 0 Å². The molecule has 3 aromatic heterocycles. The first-order chi connectivity index (χ1) is 11.9. The SMILES string of the molecule is c1cc(-n2nc3ccccc3n2)nc(-n2nc3ccccc3n2)c1. The molecule has 0 saturated carbocycles. The molecule has 5 aromatic rings. The Morgan fingerprint density at radius 2 is 0.833 bits per heavy atom. The predicted molar refractivity (Wildman–Crippen MR) is 89.1 cm³/mol. The molecule has 0 radical (unpaired) electrons. The van der Waals surface area contributed by atoms with E-state index >= 15 is 0 Å². The van der Waals surface area contributed by atoms with Gasteiger partial charge in [-0.05, 0) is 36.4 Å². The van der Waals surface area contributed by atoms with E-state index in [4.69, 9.17) is 0 Å². The maximum Gasteiger partial charge on any atom is 0.176 e. The summed E-state index contributed by atoms with van der Waals surface area (Å²) in [6, 6.07) is 21.0. The highest BCUT2D eigenvalue weighted by Gasteiger charge is 2.09. The Balaban J connectivity index is 1.62. The molecule has 0 fully saturated rings. The van der Waals surface area contributed by atoms with Crippen molar-refractivity contribution in [2.45, 2.75) is 0 Å². The van der Waals surface area contributed by atoms with Crippen molar-refractivity contribution in [1.82, 2.24) is 35.0 Å². The second-order valence-electron chi connectivity index (χ2n) is 5.31. The fraction of sp³-hybridized carbons (Fsp3) is 0. The van der Waals surface area contributed by atoms with Crippen molar-refractivity contribution < 1.29 is 0 Å². The van der Waals surface area contributed by atoms with E-state index < -0.39 is 0 Å². The predicted octanol–water partition coefficient (Wildman–Crippen LogP) is 2.55. The van der Waals surface area contributed by atoms with Gasteiger partial charge in [0.2, 0.25) is 0 Å². The van der Waals surface area contributed by atoms with Crippen molar-refractivity contribution in [1.29, 1.82) is 0 Å². The van der Waals surface area contributed by atoms with Gasteiger partial charge in [-0.15, -0.1) is 30.0 Å². The molecule has 0 bridgehead atoms. The summed E-state index contributed by atoms with van der Waals surface area (Å²) in [5, 5.41) is 17.8. The molecule has 0 aliphatic carbocycles. The number of hydrogen-bond donors (Lipinski definition) is 0. The molecule has 7 nitrogen and oxygen atoms in total. The van der Waals surface area contributed by atoms with Gasteiger partial charge < -0.3 is 0 Å². The number of hydrogen-bond acceptors (Lipinski definition) is 5. The van der Waals surface area contributed by atoms with Crippen LogP contribution in [-0.2, 0) is 0 Å². The van der Waals surface area contributed by atoms with Crippen LogP contribution in [0.25, 0.3) is 33.7 Å². The molecule has 3 heterocycles. The van der Waals surface area contributed by atoms with Gasteiger partial charge in [-0.3, -0.25) is 0 Å². The number of fused-ring (bicyclic) bond motifs is 2. The summed E-state index contributed by atoms with van der Waals surface area (Å²) in [5.41, 5.74) is 3.31. The second kappa shape index (κ2) is 4.95. The maximum absolute atomic E-state index is 4.58. The Labute approximate surface area is 136 Å². The van der Waals surface area contributed by atoms with E-state index in [1.807, 2.05) is 66.7 Å². The van der Waals surface area contributed by atoms with Gasteiger partial charge in [0.25, 0.3) is 0 Å². The van der Waals surface area contributed by atoms with Crippen LogP contribution in [0.15, 0.2) is 66.7 Å². The van der Waals surface area contributed by atoms with Gasteiger partial charge in [0.1, 0.15) is 22.1 Å². The summed E-state index contributed by atoms with van der Waals surface area (Å²) < 4.78 is 0. The Kier molecular flexibility index (Phi) is 2.66. The van der Waals surface area contributed by atoms with E-state index in [2.05, 4.69) is 25.4 Å². The van der Waals surface area contributed by atoms with E-state index in [-0.39, 0.29) is 0 Å². The van der Waals surface area contributed by atoms with Crippen molar-refractivity contribution >= 4 is 22.1 Å². The van der Waals surface area contributed by atoms with E-state index in [1.54, 1.807) is 0 Å². The zero-order valence-electron chi connectivity index (χ0n) is 12.5. The van der Waals surface area contributed by atoms with Gasteiger partial charge in [-0.25, -0.2) is 4.98 Å². The molecule has 0 aliphatic rings. The molecule has 0 spiro atoms. The molecular weight excluding hydrogens is 302 g/mol. The fourth-order valence-corrected chi connectivity index (χ4v) is 2.56. The van der Waals surface area contributed by atoms with Gasteiger partial charge in [0.15, 0.2) is 11.6 Å². The molecular formula is C17H11N7. The first-order valence-electron chi connectivity index (χ1n) is 7.49. The van der Waals surface area contributed by atoms with Crippen molar-refractivity contribution in [2.24, 2.45) is 0 Å². The number of aromatic nitrogens is 7. The van der Waals surface area contributed by atoms with Crippen LogP contribution < -0.4 is 0 Å². The average molecular weight is 313 g/mol. The third kappa shape index (κ3) is 2.03. The van der Waals surface area contributed by atoms with Crippen molar-refractivity contribution in [2.75, 3.05) is 0 Å².